The van der Waals surface area contributed by atoms with E-state index >= 15 is 0 Å². The van der Waals surface area contributed by atoms with E-state index in [0.717, 1.165) is 0 Å². The molecule has 0 spiro atoms. The molecule has 1 fully saturated rings. The summed E-state index contributed by atoms with van der Waals surface area (Å²) in [4.78, 5) is 18.5. The van der Waals surface area contributed by atoms with E-state index in [1.54, 1.807) is 36.3 Å². The fourth-order valence-corrected chi connectivity index (χ4v) is 4.55. The fraction of sp³-hybridized carbons (Fsp3) is 0.294. The average molecular weight is 440 g/mol. The monoisotopic (exact) mass is 439 g/mol. The van der Waals surface area contributed by atoms with E-state index in [1.807, 2.05) is 0 Å². The largest absolute Gasteiger partial charge is 0.497 e. The number of amides is 1. The highest BCUT2D eigenvalue weighted by molar-refractivity contribution is 9.10. The van der Waals surface area contributed by atoms with Crippen molar-refractivity contribution in [1.82, 2.24) is 14.2 Å². The first-order valence-corrected chi connectivity index (χ1v) is 10.2. The van der Waals surface area contributed by atoms with Crippen molar-refractivity contribution in [3.63, 3.8) is 0 Å². The summed E-state index contributed by atoms with van der Waals surface area (Å²) in [5, 5.41) is 0. The number of carbonyl (C=O) groups excluding carboxylic acids is 1. The Morgan fingerprint density at radius 3 is 2.54 bits per heavy atom. The number of carbonyl (C=O) groups is 1. The SMILES string of the molecule is COc1ccc(Br)c(C(=O)N2CCN(S(=O)(=O)c3cccnc3)CC2)c1. The van der Waals surface area contributed by atoms with Gasteiger partial charge in [-0.3, -0.25) is 9.78 Å². The number of pyridine rings is 1. The highest BCUT2D eigenvalue weighted by Gasteiger charge is 2.31. The Hall–Kier alpha value is -1.97. The number of rotatable bonds is 4. The molecule has 26 heavy (non-hydrogen) atoms. The van der Waals surface area contributed by atoms with E-state index in [4.69, 9.17) is 4.74 Å². The van der Waals surface area contributed by atoms with Crippen molar-refractivity contribution in [1.29, 1.82) is 0 Å². The lowest BCUT2D eigenvalue weighted by molar-refractivity contribution is 0.0696. The summed E-state index contributed by atoms with van der Waals surface area (Å²) >= 11 is 3.38. The van der Waals surface area contributed by atoms with Gasteiger partial charge in [0.2, 0.25) is 10.0 Å². The average Bonchev–Trinajstić information content (AvgIpc) is 2.68. The van der Waals surface area contributed by atoms with E-state index in [1.165, 1.54) is 22.8 Å². The normalized spacial score (nSPS) is 15.7. The number of hydrogen-bond acceptors (Lipinski definition) is 5. The van der Waals surface area contributed by atoms with Crippen LogP contribution in [0.15, 0.2) is 52.1 Å². The molecule has 1 aromatic carbocycles. The molecule has 2 heterocycles. The van der Waals surface area contributed by atoms with Gasteiger partial charge in [0.15, 0.2) is 0 Å². The molecule has 1 aliphatic rings. The minimum Gasteiger partial charge on any atom is -0.497 e. The quantitative estimate of drug-likeness (QED) is 0.727. The van der Waals surface area contributed by atoms with Crippen LogP contribution in [-0.4, -0.2) is 61.8 Å². The van der Waals surface area contributed by atoms with Gasteiger partial charge in [-0.05, 0) is 46.3 Å². The lowest BCUT2D eigenvalue weighted by Crippen LogP contribution is -2.50. The van der Waals surface area contributed by atoms with E-state index in [9.17, 15) is 13.2 Å². The molecule has 138 valence electrons. The molecular formula is C17H18BrN3O4S. The second kappa shape index (κ2) is 7.73. The summed E-state index contributed by atoms with van der Waals surface area (Å²) in [6, 6.07) is 8.31. The fourth-order valence-electron chi connectivity index (χ4n) is 2.75. The van der Waals surface area contributed by atoms with Gasteiger partial charge < -0.3 is 9.64 Å². The van der Waals surface area contributed by atoms with Crippen LogP contribution >= 0.6 is 15.9 Å². The second-order valence-corrected chi connectivity index (χ2v) is 8.52. The second-order valence-electron chi connectivity index (χ2n) is 5.73. The van der Waals surface area contributed by atoms with Gasteiger partial charge in [-0.2, -0.15) is 4.31 Å². The standard InChI is InChI=1S/C17H18BrN3O4S/c1-25-13-4-5-16(18)15(11-13)17(22)20-7-9-21(10-8-20)26(23,24)14-3-2-6-19-12-14/h2-6,11-12H,7-10H2,1H3. The van der Waals surface area contributed by atoms with E-state index in [2.05, 4.69) is 20.9 Å². The van der Waals surface area contributed by atoms with Crippen molar-refractivity contribution in [2.24, 2.45) is 0 Å². The van der Waals surface area contributed by atoms with E-state index < -0.39 is 10.0 Å². The van der Waals surface area contributed by atoms with Crippen LogP contribution in [-0.2, 0) is 10.0 Å². The van der Waals surface area contributed by atoms with E-state index in [0.29, 0.717) is 28.9 Å². The van der Waals surface area contributed by atoms with E-state index in [-0.39, 0.29) is 23.9 Å². The van der Waals surface area contributed by atoms with Crippen molar-refractivity contribution < 1.29 is 17.9 Å². The third kappa shape index (κ3) is 3.74. The van der Waals surface area contributed by atoms with Crippen LogP contribution in [0.2, 0.25) is 0 Å². The third-order valence-electron chi connectivity index (χ3n) is 4.20. The van der Waals surface area contributed by atoms with Crippen molar-refractivity contribution in [2.45, 2.75) is 4.90 Å². The smallest absolute Gasteiger partial charge is 0.255 e. The van der Waals surface area contributed by atoms with Crippen LogP contribution in [0.25, 0.3) is 0 Å². The Kier molecular flexibility index (Phi) is 5.59. The molecule has 0 bridgehead atoms. The maximum Gasteiger partial charge on any atom is 0.255 e. The number of benzene rings is 1. The zero-order valence-electron chi connectivity index (χ0n) is 14.1. The molecule has 9 heteroatoms. The minimum absolute atomic E-state index is 0.158. The number of nitrogens with zero attached hydrogens (tertiary/aromatic N) is 3. The van der Waals surface area contributed by atoms with Crippen LogP contribution < -0.4 is 4.74 Å². The number of ether oxygens (including phenoxy) is 1. The minimum atomic E-state index is -3.59. The zero-order valence-corrected chi connectivity index (χ0v) is 16.5. The first-order valence-electron chi connectivity index (χ1n) is 7.96. The highest BCUT2D eigenvalue weighted by atomic mass is 79.9. The number of piperazine rings is 1. The number of sulfonamides is 1. The number of methoxy groups -OCH3 is 1. The zero-order chi connectivity index (χ0) is 18.7. The number of aromatic nitrogens is 1. The van der Waals surface area contributed by atoms with Crippen LogP contribution in [0.1, 0.15) is 10.4 Å². The van der Waals surface area contributed by atoms with Gasteiger partial charge in [-0.1, -0.05) is 0 Å². The summed E-state index contributed by atoms with van der Waals surface area (Å²) in [6.45, 7) is 1.12. The van der Waals surface area contributed by atoms with Gasteiger partial charge in [0.05, 0.1) is 12.7 Å². The van der Waals surface area contributed by atoms with Gasteiger partial charge in [-0.15, -0.1) is 0 Å². The molecular weight excluding hydrogens is 422 g/mol. The van der Waals surface area contributed by atoms with Crippen molar-refractivity contribution in [3.8, 4) is 5.75 Å². The molecule has 0 aliphatic carbocycles. The summed E-state index contributed by atoms with van der Waals surface area (Å²) in [5.74, 6) is 0.434. The Labute approximate surface area is 160 Å². The lowest BCUT2D eigenvalue weighted by Gasteiger charge is -2.34. The highest BCUT2D eigenvalue weighted by Crippen LogP contribution is 2.25. The first-order chi connectivity index (χ1) is 12.4. The maximum atomic E-state index is 12.8. The lowest BCUT2D eigenvalue weighted by atomic mass is 10.1. The Balaban J connectivity index is 1.72. The molecule has 1 aromatic heterocycles. The van der Waals surface area contributed by atoms with Gasteiger partial charge >= 0.3 is 0 Å². The number of halogens is 1. The molecule has 1 amide bonds. The molecule has 1 saturated heterocycles. The van der Waals surface area contributed by atoms with Gasteiger partial charge in [0.1, 0.15) is 10.6 Å². The molecule has 0 N–H and O–H groups in total. The summed E-state index contributed by atoms with van der Waals surface area (Å²) in [6.07, 6.45) is 2.86. The molecule has 0 saturated carbocycles. The molecule has 7 nitrogen and oxygen atoms in total. The van der Waals surface area contributed by atoms with Crippen molar-refractivity contribution >= 4 is 31.9 Å². The molecule has 0 radical (unpaired) electrons. The third-order valence-corrected chi connectivity index (χ3v) is 6.78. The maximum absolute atomic E-state index is 12.8. The molecule has 1 aliphatic heterocycles. The summed E-state index contributed by atoms with van der Waals surface area (Å²) in [7, 11) is -2.05. The summed E-state index contributed by atoms with van der Waals surface area (Å²) < 4.78 is 32.5. The number of hydrogen-bond donors (Lipinski definition) is 0. The Bertz CT molecular complexity index is 897. The summed E-state index contributed by atoms with van der Waals surface area (Å²) in [5.41, 5.74) is 0.493. The Morgan fingerprint density at radius 2 is 1.92 bits per heavy atom. The molecule has 2 aromatic rings. The predicted molar refractivity (Wildman–Crippen MR) is 99.6 cm³/mol. The molecule has 3 rings (SSSR count). The van der Waals surface area contributed by atoms with Gasteiger partial charge in [0.25, 0.3) is 5.91 Å². The van der Waals surface area contributed by atoms with Gasteiger partial charge in [0, 0.05) is 43.0 Å². The molecule has 0 unspecified atom stereocenters. The molecule has 0 atom stereocenters. The van der Waals surface area contributed by atoms with Crippen molar-refractivity contribution in [3.05, 3.63) is 52.8 Å². The topological polar surface area (TPSA) is 79.8 Å². The first kappa shape index (κ1) is 18.8. The Morgan fingerprint density at radius 1 is 1.19 bits per heavy atom. The van der Waals surface area contributed by atoms with Crippen LogP contribution in [0.5, 0.6) is 5.75 Å². The van der Waals surface area contributed by atoms with Crippen molar-refractivity contribution in [2.75, 3.05) is 33.3 Å². The van der Waals surface area contributed by atoms with Crippen LogP contribution in [0.3, 0.4) is 0 Å². The van der Waals surface area contributed by atoms with Crippen LogP contribution in [0, 0.1) is 0 Å². The van der Waals surface area contributed by atoms with Gasteiger partial charge in [-0.25, -0.2) is 8.42 Å². The predicted octanol–water partition coefficient (Wildman–Crippen LogP) is 2.00. The van der Waals surface area contributed by atoms with Crippen LogP contribution in [0.4, 0.5) is 0 Å².